The molecule has 74 heavy (non-hydrogen) atoms. The molecule has 3 aromatic heterocycles. The lowest BCUT2D eigenvalue weighted by atomic mass is 10.00. The molecule has 0 spiro atoms. The van der Waals surface area contributed by atoms with E-state index in [1.807, 2.05) is 67.6 Å². The Balaban J connectivity index is 0.870. The molecule has 0 radical (unpaired) electrons. The molecule has 0 N–H and O–H groups in total. The minimum absolute atomic E-state index is 0.585. The molecule has 0 saturated carbocycles. The maximum absolute atomic E-state index is 6.31. The standard InChI is InChI=1S/C68H47N5O/c1-45(18-14-19-46(2)65-71-67(56-30-16-27-53(41-56)48-22-8-4-9-23-48)73-68(72-65)57-31-17-28-54(42-57)49-24-10-5-11-25-49)52-26-15-29-55(40-52)62-44-61(51-36-34-50(35-37-51)47-20-6-3-7-21-47)69-66(70-62)58-38-39-60-59-32-12-13-33-63(59)74-64(60)43-58/h3-44H,1H2,2H3/b18-14-,46-19+. The highest BCUT2D eigenvalue weighted by atomic mass is 16.3. The van der Waals surface area contributed by atoms with Crippen molar-refractivity contribution in [1.29, 1.82) is 0 Å². The van der Waals surface area contributed by atoms with Gasteiger partial charge in [0.05, 0.1) is 11.4 Å². The van der Waals surface area contributed by atoms with Crippen LogP contribution in [-0.2, 0) is 0 Å². The van der Waals surface area contributed by atoms with Crippen LogP contribution in [0, 0.1) is 0 Å². The van der Waals surface area contributed by atoms with Crippen molar-refractivity contribution in [2.75, 3.05) is 0 Å². The number of hydrogen-bond acceptors (Lipinski definition) is 6. The Hall–Kier alpha value is -9.91. The number of aromatic nitrogens is 5. The monoisotopic (exact) mass is 949 g/mol. The van der Waals surface area contributed by atoms with Crippen LogP contribution < -0.4 is 0 Å². The van der Waals surface area contributed by atoms with Crippen LogP contribution in [0.15, 0.2) is 266 Å². The smallest absolute Gasteiger partial charge is 0.164 e. The third kappa shape index (κ3) is 9.51. The molecular weight excluding hydrogens is 903 g/mol. The first kappa shape index (κ1) is 45.2. The van der Waals surface area contributed by atoms with Crippen molar-refractivity contribution in [3.8, 4) is 90.1 Å². The molecular formula is C68H47N5O. The Morgan fingerprint density at radius 1 is 0.365 bits per heavy atom. The van der Waals surface area contributed by atoms with Crippen molar-refractivity contribution in [2.45, 2.75) is 6.92 Å². The molecule has 0 aliphatic carbocycles. The van der Waals surface area contributed by atoms with Gasteiger partial charge in [0, 0.05) is 38.6 Å². The highest BCUT2D eigenvalue weighted by Crippen LogP contribution is 2.35. The SMILES string of the molecule is C=C(/C=C\C=C(/C)c1nc(-c2cccc(-c3ccccc3)c2)nc(-c2cccc(-c3ccccc3)c2)n1)c1cccc(-c2cc(-c3ccc(-c4ccccc4)cc3)nc(-c3ccc4c(c3)oc3ccccc34)n2)c1. The molecule has 0 aliphatic heterocycles. The molecule has 0 saturated heterocycles. The quantitative estimate of drug-likeness (QED) is 0.114. The van der Waals surface area contributed by atoms with Gasteiger partial charge in [-0.1, -0.05) is 219 Å². The molecule has 12 aromatic rings. The van der Waals surface area contributed by atoms with Gasteiger partial charge in [-0.05, 0) is 99.5 Å². The van der Waals surface area contributed by atoms with Crippen molar-refractivity contribution < 1.29 is 4.42 Å². The second kappa shape index (κ2) is 20.1. The van der Waals surface area contributed by atoms with Crippen molar-refractivity contribution in [1.82, 2.24) is 24.9 Å². The number of furan rings is 1. The van der Waals surface area contributed by atoms with Crippen LogP contribution in [0.4, 0.5) is 0 Å². The van der Waals surface area contributed by atoms with E-state index < -0.39 is 0 Å². The molecule has 12 rings (SSSR count). The second-order valence-corrected chi connectivity index (χ2v) is 18.2. The van der Waals surface area contributed by atoms with E-state index in [9.17, 15) is 0 Å². The van der Waals surface area contributed by atoms with Crippen LogP contribution in [0.5, 0.6) is 0 Å². The number of benzene rings is 9. The summed E-state index contributed by atoms with van der Waals surface area (Å²) in [5, 5.41) is 2.13. The van der Waals surface area contributed by atoms with E-state index >= 15 is 0 Å². The summed E-state index contributed by atoms with van der Waals surface area (Å²) in [4.78, 5) is 25.6. The van der Waals surface area contributed by atoms with Gasteiger partial charge in [0.1, 0.15) is 11.2 Å². The van der Waals surface area contributed by atoms with Crippen molar-refractivity contribution in [3.05, 3.63) is 273 Å². The summed E-state index contributed by atoms with van der Waals surface area (Å²) >= 11 is 0. The third-order valence-electron chi connectivity index (χ3n) is 13.3. The third-order valence-corrected chi connectivity index (χ3v) is 13.3. The molecule has 0 aliphatic rings. The molecule has 0 atom stereocenters. The molecule has 0 bridgehead atoms. The van der Waals surface area contributed by atoms with Gasteiger partial charge >= 0.3 is 0 Å². The van der Waals surface area contributed by atoms with Crippen LogP contribution >= 0.6 is 0 Å². The Kier molecular flexibility index (Phi) is 12.3. The number of para-hydroxylation sites is 1. The molecule has 9 aromatic carbocycles. The van der Waals surface area contributed by atoms with Gasteiger partial charge in [-0.2, -0.15) is 0 Å². The van der Waals surface area contributed by atoms with Gasteiger partial charge in [-0.3, -0.25) is 0 Å². The zero-order valence-corrected chi connectivity index (χ0v) is 40.6. The zero-order valence-electron chi connectivity index (χ0n) is 40.6. The van der Waals surface area contributed by atoms with Gasteiger partial charge < -0.3 is 4.42 Å². The lowest BCUT2D eigenvalue weighted by Crippen LogP contribution is -2.02. The van der Waals surface area contributed by atoms with Crippen LogP contribution in [0.3, 0.4) is 0 Å². The van der Waals surface area contributed by atoms with E-state index in [0.717, 1.165) is 111 Å². The first-order valence-electron chi connectivity index (χ1n) is 24.7. The highest BCUT2D eigenvalue weighted by Gasteiger charge is 2.16. The maximum Gasteiger partial charge on any atom is 0.164 e. The fraction of sp³-hybridized carbons (Fsp3) is 0.0147. The van der Waals surface area contributed by atoms with Gasteiger partial charge in [-0.25, -0.2) is 24.9 Å². The minimum Gasteiger partial charge on any atom is -0.456 e. The Morgan fingerprint density at radius 2 is 0.824 bits per heavy atom. The van der Waals surface area contributed by atoms with E-state index in [2.05, 4.69) is 201 Å². The van der Waals surface area contributed by atoms with Crippen LogP contribution in [0.25, 0.3) is 123 Å². The van der Waals surface area contributed by atoms with Crippen LogP contribution in [0.1, 0.15) is 18.3 Å². The first-order valence-corrected chi connectivity index (χ1v) is 24.7. The summed E-state index contributed by atoms with van der Waals surface area (Å²) in [6, 6.07) is 81.2. The van der Waals surface area contributed by atoms with Crippen molar-refractivity contribution >= 4 is 33.1 Å². The highest BCUT2D eigenvalue weighted by molar-refractivity contribution is 6.05. The Morgan fingerprint density at radius 3 is 1.47 bits per heavy atom. The lowest BCUT2D eigenvalue weighted by molar-refractivity contribution is 0.669. The number of allylic oxidation sites excluding steroid dienone is 5. The maximum atomic E-state index is 6.31. The van der Waals surface area contributed by atoms with Gasteiger partial charge in [-0.15, -0.1) is 0 Å². The summed E-state index contributed by atoms with van der Waals surface area (Å²) < 4.78 is 6.31. The summed E-state index contributed by atoms with van der Waals surface area (Å²) in [6.07, 6.45) is 6.06. The topological polar surface area (TPSA) is 77.6 Å². The second-order valence-electron chi connectivity index (χ2n) is 18.2. The fourth-order valence-electron chi connectivity index (χ4n) is 9.31. The lowest BCUT2D eigenvalue weighted by Gasteiger charge is -2.11. The normalized spacial score (nSPS) is 11.7. The minimum atomic E-state index is 0.585. The van der Waals surface area contributed by atoms with Crippen LogP contribution in [-0.4, -0.2) is 24.9 Å². The average molecular weight is 950 g/mol. The molecule has 0 unspecified atom stereocenters. The average Bonchev–Trinajstić information content (AvgIpc) is 3.86. The van der Waals surface area contributed by atoms with Crippen molar-refractivity contribution in [2.24, 2.45) is 0 Å². The summed E-state index contributed by atoms with van der Waals surface area (Å²) in [5.41, 5.74) is 17.3. The summed E-state index contributed by atoms with van der Waals surface area (Å²) in [6.45, 7) is 6.54. The molecule has 350 valence electrons. The Labute approximate surface area is 430 Å². The molecule has 3 heterocycles. The van der Waals surface area contributed by atoms with E-state index in [-0.39, 0.29) is 0 Å². The number of hydrogen-bond donors (Lipinski definition) is 0. The van der Waals surface area contributed by atoms with Gasteiger partial charge in [0.25, 0.3) is 0 Å². The van der Waals surface area contributed by atoms with Crippen molar-refractivity contribution in [3.63, 3.8) is 0 Å². The first-order chi connectivity index (χ1) is 36.5. The van der Waals surface area contributed by atoms with Gasteiger partial charge in [0.2, 0.25) is 0 Å². The van der Waals surface area contributed by atoms with E-state index in [1.165, 1.54) is 0 Å². The summed E-state index contributed by atoms with van der Waals surface area (Å²) in [5.74, 6) is 2.39. The fourth-order valence-corrected chi connectivity index (χ4v) is 9.31. The zero-order chi connectivity index (χ0) is 49.8. The molecule has 6 nitrogen and oxygen atoms in total. The predicted molar refractivity (Wildman–Crippen MR) is 304 cm³/mol. The Bertz CT molecular complexity index is 3980. The van der Waals surface area contributed by atoms with Crippen LogP contribution in [0.2, 0.25) is 0 Å². The van der Waals surface area contributed by atoms with Gasteiger partial charge in [0.15, 0.2) is 23.3 Å². The van der Waals surface area contributed by atoms with E-state index in [4.69, 9.17) is 29.3 Å². The predicted octanol–water partition coefficient (Wildman–Crippen LogP) is 17.6. The molecule has 0 fully saturated rings. The van der Waals surface area contributed by atoms with E-state index in [1.54, 1.807) is 0 Å². The summed E-state index contributed by atoms with van der Waals surface area (Å²) in [7, 11) is 0. The number of nitrogens with zero attached hydrogens (tertiary/aromatic N) is 5. The van der Waals surface area contributed by atoms with E-state index in [0.29, 0.717) is 23.3 Å². The molecule has 0 amide bonds. The largest absolute Gasteiger partial charge is 0.456 e. The number of fused-ring (bicyclic) bond motifs is 3. The molecule has 6 heteroatoms. The number of rotatable bonds is 12.